The third kappa shape index (κ3) is 4.02. The van der Waals surface area contributed by atoms with Gasteiger partial charge >= 0.3 is 0 Å². The maximum Gasteiger partial charge on any atom is 0.240 e. The molecule has 0 bridgehead atoms. The van der Waals surface area contributed by atoms with Crippen LogP contribution in [0.2, 0.25) is 0 Å². The van der Waals surface area contributed by atoms with E-state index >= 15 is 0 Å². The van der Waals surface area contributed by atoms with Gasteiger partial charge in [0, 0.05) is 17.1 Å². The van der Waals surface area contributed by atoms with Crippen LogP contribution in [0.15, 0.2) is 39.0 Å². The standard InChI is InChI=1S/C12H12BrFN2O2S2/c13-12-2-1-10(19-12)3-4-16-20(17,18)11-6-8(14)5-9(15)7-11/h1-2,5-7,16H,3-4,15H2. The second-order valence-electron chi connectivity index (χ2n) is 4.07. The van der Waals surface area contributed by atoms with Gasteiger partial charge in [0.25, 0.3) is 0 Å². The van der Waals surface area contributed by atoms with Crippen molar-refractivity contribution in [1.82, 2.24) is 4.72 Å². The molecule has 108 valence electrons. The van der Waals surface area contributed by atoms with Crippen molar-refractivity contribution in [3.05, 3.63) is 44.8 Å². The maximum absolute atomic E-state index is 13.2. The van der Waals surface area contributed by atoms with Gasteiger partial charge in [0.1, 0.15) is 5.82 Å². The number of sulfonamides is 1. The largest absolute Gasteiger partial charge is 0.399 e. The number of nitrogens with two attached hydrogens (primary N) is 1. The van der Waals surface area contributed by atoms with E-state index in [1.54, 1.807) is 11.3 Å². The average molecular weight is 379 g/mol. The molecule has 0 aliphatic carbocycles. The minimum atomic E-state index is -3.75. The molecular weight excluding hydrogens is 367 g/mol. The van der Waals surface area contributed by atoms with Crippen LogP contribution in [0.1, 0.15) is 4.88 Å². The van der Waals surface area contributed by atoms with Crippen LogP contribution in [-0.4, -0.2) is 15.0 Å². The second kappa shape index (κ2) is 6.21. The number of benzene rings is 1. The number of anilines is 1. The van der Waals surface area contributed by atoms with Crippen molar-refractivity contribution in [2.24, 2.45) is 0 Å². The summed E-state index contributed by atoms with van der Waals surface area (Å²) in [7, 11) is -3.75. The Morgan fingerprint density at radius 2 is 2.05 bits per heavy atom. The van der Waals surface area contributed by atoms with E-state index in [1.807, 2.05) is 12.1 Å². The Labute approximate surface area is 129 Å². The lowest BCUT2D eigenvalue weighted by Crippen LogP contribution is -2.26. The van der Waals surface area contributed by atoms with E-state index in [9.17, 15) is 12.8 Å². The molecule has 8 heteroatoms. The first-order chi connectivity index (χ1) is 9.37. The van der Waals surface area contributed by atoms with Gasteiger partial charge in [0.15, 0.2) is 0 Å². The Bertz CT molecular complexity index is 696. The molecule has 0 radical (unpaired) electrons. The summed E-state index contributed by atoms with van der Waals surface area (Å²) in [5.74, 6) is -0.674. The Morgan fingerprint density at radius 1 is 1.30 bits per heavy atom. The molecule has 2 rings (SSSR count). The number of nitrogens with one attached hydrogen (secondary N) is 1. The van der Waals surface area contributed by atoms with Crippen molar-refractivity contribution >= 4 is 43.0 Å². The Balaban J connectivity index is 2.03. The number of halogens is 2. The summed E-state index contributed by atoms with van der Waals surface area (Å²) >= 11 is 4.88. The second-order valence-corrected chi connectivity index (χ2v) is 8.39. The van der Waals surface area contributed by atoms with E-state index in [4.69, 9.17) is 5.73 Å². The van der Waals surface area contributed by atoms with Crippen LogP contribution < -0.4 is 10.5 Å². The summed E-state index contributed by atoms with van der Waals surface area (Å²) in [5, 5.41) is 0. The Kier molecular flexibility index (Phi) is 4.79. The Morgan fingerprint density at radius 3 is 2.65 bits per heavy atom. The summed E-state index contributed by atoms with van der Waals surface area (Å²) in [6.07, 6.45) is 0.570. The van der Waals surface area contributed by atoms with Gasteiger partial charge in [-0.2, -0.15) is 0 Å². The lowest BCUT2D eigenvalue weighted by molar-refractivity contribution is 0.578. The van der Waals surface area contributed by atoms with Crippen LogP contribution in [0, 0.1) is 5.82 Å². The zero-order valence-electron chi connectivity index (χ0n) is 10.3. The lowest BCUT2D eigenvalue weighted by Gasteiger charge is -2.07. The van der Waals surface area contributed by atoms with Crippen LogP contribution >= 0.6 is 27.3 Å². The molecule has 0 atom stereocenters. The average Bonchev–Trinajstić information content (AvgIpc) is 2.73. The first-order valence-electron chi connectivity index (χ1n) is 5.67. The van der Waals surface area contributed by atoms with E-state index in [0.29, 0.717) is 6.42 Å². The predicted octanol–water partition coefficient (Wildman–Crippen LogP) is 2.75. The number of hydrogen-bond donors (Lipinski definition) is 2. The van der Waals surface area contributed by atoms with E-state index < -0.39 is 15.8 Å². The summed E-state index contributed by atoms with van der Waals surface area (Å²) in [4.78, 5) is 0.890. The SMILES string of the molecule is Nc1cc(F)cc(S(=O)(=O)NCCc2ccc(Br)s2)c1. The summed E-state index contributed by atoms with van der Waals surface area (Å²) < 4.78 is 40.6. The van der Waals surface area contributed by atoms with Gasteiger partial charge in [-0.25, -0.2) is 17.5 Å². The van der Waals surface area contributed by atoms with Crippen LogP contribution in [0.3, 0.4) is 0 Å². The minimum Gasteiger partial charge on any atom is -0.399 e. The van der Waals surface area contributed by atoms with Crippen molar-refractivity contribution in [2.75, 3.05) is 12.3 Å². The molecule has 0 saturated carbocycles. The molecule has 1 aromatic carbocycles. The molecule has 0 amide bonds. The van der Waals surface area contributed by atoms with Crippen LogP contribution in [0.25, 0.3) is 0 Å². The highest BCUT2D eigenvalue weighted by Crippen LogP contribution is 2.22. The number of rotatable bonds is 5. The number of thiophene rings is 1. The molecule has 0 aliphatic heterocycles. The fourth-order valence-electron chi connectivity index (χ4n) is 1.62. The van der Waals surface area contributed by atoms with Crippen molar-refractivity contribution in [1.29, 1.82) is 0 Å². The van der Waals surface area contributed by atoms with Crippen LogP contribution in [0.5, 0.6) is 0 Å². The molecule has 1 heterocycles. The lowest BCUT2D eigenvalue weighted by atomic mass is 10.3. The van der Waals surface area contributed by atoms with E-state index in [-0.39, 0.29) is 17.1 Å². The molecule has 1 aromatic heterocycles. The molecule has 4 nitrogen and oxygen atoms in total. The molecule has 0 fully saturated rings. The monoisotopic (exact) mass is 378 g/mol. The fourth-order valence-corrected chi connectivity index (χ4v) is 4.20. The smallest absolute Gasteiger partial charge is 0.240 e. The fraction of sp³-hybridized carbons (Fsp3) is 0.167. The molecule has 0 unspecified atom stereocenters. The van der Waals surface area contributed by atoms with Gasteiger partial charge in [-0.05, 0) is 52.7 Å². The Hall–Kier alpha value is -0.960. The maximum atomic E-state index is 13.2. The normalized spacial score (nSPS) is 11.7. The summed E-state index contributed by atoms with van der Waals surface area (Å²) in [6, 6.07) is 7.07. The van der Waals surface area contributed by atoms with Crippen LogP contribution in [0.4, 0.5) is 10.1 Å². The molecule has 0 aliphatic rings. The van der Waals surface area contributed by atoms with Crippen molar-refractivity contribution in [3.8, 4) is 0 Å². The van der Waals surface area contributed by atoms with E-state index in [0.717, 1.165) is 20.8 Å². The van der Waals surface area contributed by atoms with E-state index in [1.165, 1.54) is 6.07 Å². The molecule has 0 spiro atoms. The first kappa shape index (κ1) is 15.4. The topological polar surface area (TPSA) is 72.2 Å². The summed E-state index contributed by atoms with van der Waals surface area (Å²) in [5.41, 5.74) is 5.52. The quantitative estimate of drug-likeness (QED) is 0.785. The van der Waals surface area contributed by atoms with Gasteiger partial charge in [-0.1, -0.05) is 0 Å². The highest BCUT2D eigenvalue weighted by molar-refractivity contribution is 9.11. The highest BCUT2D eigenvalue weighted by atomic mass is 79.9. The summed E-state index contributed by atoms with van der Waals surface area (Å²) in [6.45, 7) is 0.242. The van der Waals surface area contributed by atoms with Gasteiger partial charge in [0.05, 0.1) is 8.68 Å². The molecule has 2 aromatic rings. The molecule has 0 saturated heterocycles. The zero-order valence-corrected chi connectivity index (χ0v) is 13.5. The zero-order chi connectivity index (χ0) is 14.8. The van der Waals surface area contributed by atoms with Crippen molar-refractivity contribution in [3.63, 3.8) is 0 Å². The molecular formula is C12H12BrFN2O2S2. The van der Waals surface area contributed by atoms with Gasteiger partial charge < -0.3 is 5.73 Å². The predicted molar refractivity (Wildman–Crippen MR) is 81.7 cm³/mol. The van der Waals surface area contributed by atoms with Crippen molar-refractivity contribution in [2.45, 2.75) is 11.3 Å². The van der Waals surface area contributed by atoms with Gasteiger partial charge in [-0.3, -0.25) is 0 Å². The molecule has 20 heavy (non-hydrogen) atoms. The van der Waals surface area contributed by atoms with Gasteiger partial charge in [0.2, 0.25) is 10.0 Å². The third-order valence-corrected chi connectivity index (χ3v) is 5.62. The van der Waals surface area contributed by atoms with Gasteiger partial charge in [-0.15, -0.1) is 11.3 Å². The minimum absolute atomic E-state index is 0.0764. The van der Waals surface area contributed by atoms with Crippen LogP contribution in [-0.2, 0) is 16.4 Å². The number of hydrogen-bond acceptors (Lipinski definition) is 4. The third-order valence-electron chi connectivity index (χ3n) is 2.50. The highest BCUT2D eigenvalue weighted by Gasteiger charge is 2.15. The number of nitrogen functional groups attached to an aromatic ring is 1. The molecule has 3 N–H and O–H groups in total. The van der Waals surface area contributed by atoms with Crippen molar-refractivity contribution < 1.29 is 12.8 Å². The van der Waals surface area contributed by atoms with E-state index in [2.05, 4.69) is 20.7 Å². The first-order valence-corrected chi connectivity index (χ1v) is 8.76.